The fourth-order valence-corrected chi connectivity index (χ4v) is 2.58. The smallest absolute Gasteiger partial charge is 0.0845 e. The molecule has 1 aromatic carbocycles. The summed E-state index contributed by atoms with van der Waals surface area (Å²) in [5, 5.41) is 14.6. The van der Waals surface area contributed by atoms with Crippen molar-refractivity contribution in [1.29, 1.82) is 0 Å². The summed E-state index contributed by atoms with van der Waals surface area (Å²) in [4.78, 5) is 0. The molecule has 1 N–H and O–H groups in total. The van der Waals surface area contributed by atoms with Crippen LogP contribution in [0.3, 0.4) is 0 Å². The van der Waals surface area contributed by atoms with Gasteiger partial charge in [-0.1, -0.05) is 29.8 Å². The van der Waals surface area contributed by atoms with Crippen LogP contribution in [-0.2, 0) is 13.5 Å². The molecule has 18 heavy (non-hydrogen) atoms. The van der Waals surface area contributed by atoms with Gasteiger partial charge in [0.1, 0.15) is 0 Å². The van der Waals surface area contributed by atoms with E-state index in [0.29, 0.717) is 6.42 Å². The molecule has 0 aliphatic rings. The molecule has 1 aromatic heterocycles. The molecule has 1 heterocycles. The quantitative estimate of drug-likeness (QED) is 0.946. The third-order valence-corrected chi connectivity index (χ3v) is 4.11. The molecule has 0 amide bonds. The van der Waals surface area contributed by atoms with Gasteiger partial charge in [0.15, 0.2) is 0 Å². The van der Waals surface area contributed by atoms with Gasteiger partial charge >= 0.3 is 0 Å². The standard InChI is InChI=1S/C14H17BrN2O/c1-9-5-4-6-11(7-9)13(18)8-12-14(15)10(2)16-17(12)3/h4-7,13,18H,8H2,1-3H3. The monoisotopic (exact) mass is 308 g/mol. The lowest BCUT2D eigenvalue weighted by Gasteiger charge is -2.12. The first-order chi connectivity index (χ1) is 8.49. The van der Waals surface area contributed by atoms with Gasteiger partial charge in [0.05, 0.1) is 22.0 Å². The number of aryl methyl sites for hydroxylation is 3. The van der Waals surface area contributed by atoms with Crippen LogP contribution in [0, 0.1) is 13.8 Å². The van der Waals surface area contributed by atoms with Gasteiger partial charge in [-0.15, -0.1) is 0 Å². The average molecular weight is 309 g/mol. The number of benzene rings is 1. The predicted molar refractivity (Wildman–Crippen MR) is 75.5 cm³/mol. The Bertz CT molecular complexity index is 563. The van der Waals surface area contributed by atoms with Crippen LogP contribution in [0.15, 0.2) is 28.7 Å². The molecule has 2 rings (SSSR count). The van der Waals surface area contributed by atoms with Crippen LogP contribution in [0.4, 0.5) is 0 Å². The van der Waals surface area contributed by atoms with Gasteiger partial charge in [-0.05, 0) is 35.3 Å². The summed E-state index contributed by atoms with van der Waals surface area (Å²) in [6.45, 7) is 3.98. The summed E-state index contributed by atoms with van der Waals surface area (Å²) in [7, 11) is 1.90. The number of nitrogens with zero attached hydrogens (tertiary/aromatic N) is 2. The number of hydrogen-bond donors (Lipinski definition) is 1. The van der Waals surface area contributed by atoms with E-state index in [4.69, 9.17) is 0 Å². The van der Waals surface area contributed by atoms with Gasteiger partial charge in [-0.2, -0.15) is 5.10 Å². The normalized spacial score (nSPS) is 12.7. The van der Waals surface area contributed by atoms with E-state index in [2.05, 4.69) is 21.0 Å². The minimum absolute atomic E-state index is 0.504. The second kappa shape index (κ2) is 5.24. The number of hydrogen-bond acceptors (Lipinski definition) is 2. The summed E-state index contributed by atoms with van der Waals surface area (Å²) >= 11 is 3.52. The lowest BCUT2D eigenvalue weighted by molar-refractivity contribution is 0.175. The molecule has 3 nitrogen and oxygen atoms in total. The zero-order valence-corrected chi connectivity index (χ0v) is 12.4. The summed E-state index contributed by atoms with van der Waals surface area (Å²) in [5.74, 6) is 0. The van der Waals surface area contributed by atoms with Crippen LogP contribution in [0.2, 0.25) is 0 Å². The minimum atomic E-state index is -0.504. The second-order valence-corrected chi connectivity index (χ2v) is 5.40. The van der Waals surface area contributed by atoms with Gasteiger partial charge in [-0.25, -0.2) is 0 Å². The highest BCUT2D eigenvalue weighted by atomic mass is 79.9. The van der Waals surface area contributed by atoms with Crippen molar-refractivity contribution < 1.29 is 5.11 Å². The zero-order valence-electron chi connectivity index (χ0n) is 10.8. The Balaban J connectivity index is 2.24. The van der Waals surface area contributed by atoms with Crippen molar-refractivity contribution in [3.8, 4) is 0 Å². The van der Waals surface area contributed by atoms with E-state index in [9.17, 15) is 5.11 Å². The van der Waals surface area contributed by atoms with Crippen LogP contribution in [0.25, 0.3) is 0 Å². The SMILES string of the molecule is Cc1cccc(C(O)Cc2c(Br)c(C)nn2C)c1. The largest absolute Gasteiger partial charge is 0.388 e. The predicted octanol–water partition coefficient (Wildman–Crippen LogP) is 3.08. The molecular formula is C14H17BrN2O. The van der Waals surface area contributed by atoms with Crippen LogP contribution in [-0.4, -0.2) is 14.9 Å². The summed E-state index contributed by atoms with van der Waals surface area (Å²) in [6, 6.07) is 7.97. The summed E-state index contributed by atoms with van der Waals surface area (Å²) < 4.78 is 2.80. The van der Waals surface area contributed by atoms with E-state index in [1.807, 2.05) is 49.8 Å². The molecular weight excluding hydrogens is 292 g/mol. The van der Waals surface area contributed by atoms with Crippen molar-refractivity contribution in [3.05, 3.63) is 51.3 Å². The van der Waals surface area contributed by atoms with Crippen LogP contribution < -0.4 is 0 Å². The third kappa shape index (κ3) is 2.65. The Morgan fingerprint density at radius 1 is 1.39 bits per heavy atom. The first-order valence-corrected chi connectivity index (χ1v) is 6.71. The van der Waals surface area contributed by atoms with Crippen molar-refractivity contribution in [3.63, 3.8) is 0 Å². The molecule has 2 aromatic rings. The maximum absolute atomic E-state index is 10.3. The van der Waals surface area contributed by atoms with E-state index >= 15 is 0 Å². The molecule has 96 valence electrons. The van der Waals surface area contributed by atoms with Gasteiger partial charge in [-0.3, -0.25) is 4.68 Å². The fraction of sp³-hybridized carbons (Fsp3) is 0.357. The van der Waals surface area contributed by atoms with E-state index in [-0.39, 0.29) is 0 Å². The van der Waals surface area contributed by atoms with Crippen LogP contribution in [0.5, 0.6) is 0 Å². The van der Waals surface area contributed by atoms with E-state index < -0.39 is 6.10 Å². The molecule has 0 fully saturated rings. The van der Waals surface area contributed by atoms with Gasteiger partial charge in [0.25, 0.3) is 0 Å². The lowest BCUT2D eigenvalue weighted by Crippen LogP contribution is -2.07. The van der Waals surface area contributed by atoms with E-state index in [0.717, 1.165) is 27.0 Å². The van der Waals surface area contributed by atoms with Crippen molar-refractivity contribution >= 4 is 15.9 Å². The van der Waals surface area contributed by atoms with E-state index in [1.54, 1.807) is 0 Å². The number of aliphatic hydroxyl groups is 1. The van der Waals surface area contributed by atoms with Crippen molar-refractivity contribution in [2.24, 2.45) is 7.05 Å². The maximum atomic E-state index is 10.3. The number of aromatic nitrogens is 2. The molecule has 0 saturated heterocycles. The first kappa shape index (κ1) is 13.3. The Morgan fingerprint density at radius 3 is 2.67 bits per heavy atom. The highest BCUT2D eigenvalue weighted by Gasteiger charge is 2.16. The Morgan fingerprint density at radius 2 is 2.11 bits per heavy atom. The fourth-order valence-electron chi connectivity index (χ4n) is 2.08. The molecule has 0 aliphatic carbocycles. The van der Waals surface area contributed by atoms with Gasteiger partial charge in [0, 0.05) is 13.5 Å². The maximum Gasteiger partial charge on any atom is 0.0845 e. The Labute approximate surface area is 116 Å². The Hall–Kier alpha value is -1.13. The molecule has 0 radical (unpaired) electrons. The zero-order chi connectivity index (χ0) is 13.3. The highest BCUT2D eigenvalue weighted by Crippen LogP contribution is 2.26. The lowest BCUT2D eigenvalue weighted by atomic mass is 10.0. The molecule has 1 atom stereocenters. The number of aliphatic hydroxyl groups excluding tert-OH is 1. The van der Waals surface area contributed by atoms with Crippen molar-refractivity contribution in [1.82, 2.24) is 9.78 Å². The molecule has 4 heteroatoms. The number of halogens is 1. The molecule has 0 spiro atoms. The van der Waals surface area contributed by atoms with Crippen molar-refractivity contribution in [2.45, 2.75) is 26.4 Å². The molecule has 1 unspecified atom stereocenters. The number of rotatable bonds is 3. The third-order valence-electron chi connectivity index (χ3n) is 3.08. The van der Waals surface area contributed by atoms with Crippen LogP contribution >= 0.6 is 15.9 Å². The summed E-state index contributed by atoms with van der Waals surface area (Å²) in [5.41, 5.74) is 4.07. The molecule has 0 bridgehead atoms. The van der Waals surface area contributed by atoms with Crippen LogP contribution in [0.1, 0.15) is 28.6 Å². The van der Waals surface area contributed by atoms with Gasteiger partial charge in [0.2, 0.25) is 0 Å². The molecule has 0 saturated carbocycles. The average Bonchev–Trinajstić information content (AvgIpc) is 2.56. The molecule has 0 aliphatic heterocycles. The van der Waals surface area contributed by atoms with Gasteiger partial charge < -0.3 is 5.11 Å². The first-order valence-electron chi connectivity index (χ1n) is 5.91. The topological polar surface area (TPSA) is 38.1 Å². The van der Waals surface area contributed by atoms with Crippen molar-refractivity contribution in [2.75, 3.05) is 0 Å². The second-order valence-electron chi connectivity index (χ2n) is 4.60. The van der Waals surface area contributed by atoms with E-state index in [1.165, 1.54) is 0 Å². The highest BCUT2D eigenvalue weighted by molar-refractivity contribution is 9.10. The Kier molecular flexibility index (Phi) is 3.88. The summed E-state index contributed by atoms with van der Waals surface area (Å²) in [6.07, 6.45) is 0.0532. The minimum Gasteiger partial charge on any atom is -0.388 e.